The van der Waals surface area contributed by atoms with Gasteiger partial charge in [0.25, 0.3) is 0 Å². The Hall–Kier alpha value is -2.34. The molecular formula is C19H24N4O2. The number of hydrogen-bond donors (Lipinski definition) is 2. The van der Waals surface area contributed by atoms with Crippen molar-refractivity contribution in [3.05, 3.63) is 43.0 Å². The maximum absolute atomic E-state index is 12.7. The molecule has 6 nitrogen and oxygen atoms in total. The molecule has 2 fully saturated rings. The first-order chi connectivity index (χ1) is 12.3. The number of imidazole rings is 1. The van der Waals surface area contributed by atoms with Crippen molar-refractivity contribution in [1.29, 1.82) is 0 Å². The van der Waals surface area contributed by atoms with Crippen molar-refractivity contribution in [3.8, 4) is 5.75 Å². The molecule has 2 aromatic rings. The Morgan fingerprint density at radius 2 is 2.20 bits per heavy atom. The highest BCUT2D eigenvalue weighted by Gasteiger charge is 2.57. The molecule has 2 heterocycles. The summed E-state index contributed by atoms with van der Waals surface area (Å²) in [7, 11) is 0. The highest BCUT2D eigenvalue weighted by Crippen LogP contribution is 2.58. The van der Waals surface area contributed by atoms with E-state index in [1.54, 1.807) is 12.5 Å². The van der Waals surface area contributed by atoms with Crippen molar-refractivity contribution >= 4 is 11.6 Å². The normalized spacial score (nSPS) is 21.0. The zero-order chi connectivity index (χ0) is 17.1. The van der Waals surface area contributed by atoms with Gasteiger partial charge >= 0.3 is 0 Å². The second-order valence-electron chi connectivity index (χ2n) is 7.00. The maximum atomic E-state index is 12.7. The number of aromatic nitrogens is 2. The molecule has 1 amide bonds. The molecule has 25 heavy (non-hydrogen) atoms. The van der Waals surface area contributed by atoms with Crippen molar-refractivity contribution in [3.63, 3.8) is 0 Å². The lowest BCUT2D eigenvalue weighted by atomic mass is 9.92. The first kappa shape index (κ1) is 16.1. The van der Waals surface area contributed by atoms with Crippen LogP contribution in [0.4, 0.5) is 5.69 Å². The average molecular weight is 340 g/mol. The van der Waals surface area contributed by atoms with Gasteiger partial charge < -0.3 is 19.9 Å². The van der Waals surface area contributed by atoms with Gasteiger partial charge in [0, 0.05) is 18.3 Å². The molecule has 132 valence electrons. The monoisotopic (exact) mass is 340 g/mol. The van der Waals surface area contributed by atoms with Crippen molar-refractivity contribution in [2.75, 3.05) is 25.0 Å². The average Bonchev–Trinajstić information content (AvgIpc) is 3.07. The number of para-hydroxylation sites is 2. The first-order valence-electron chi connectivity index (χ1n) is 8.96. The number of carbonyl (C=O) groups is 1. The SMILES string of the molecule is O=C(Nc1ccccc1OCCn1ccnc1)C1CC12CCNCC2. The van der Waals surface area contributed by atoms with E-state index in [4.69, 9.17) is 4.74 Å². The number of amides is 1. The van der Waals surface area contributed by atoms with Crippen molar-refractivity contribution in [2.24, 2.45) is 11.3 Å². The van der Waals surface area contributed by atoms with E-state index in [1.165, 1.54) is 0 Å². The number of rotatable bonds is 6. The van der Waals surface area contributed by atoms with Crippen LogP contribution < -0.4 is 15.4 Å². The Labute approximate surface area is 147 Å². The van der Waals surface area contributed by atoms with Crippen LogP contribution >= 0.6 is 0 Å². The molecule has 1 aromatic heterocycles. The molecular weight excluding hydrogens is 316 g/mol. The Morgan fingerprint density at radius 3 is 3.00 bits per heavy atom. The molecule has 2 aliphatic rings. The van der Waals surface area contributed by atoms with Crippen LogP contribution in [0.15, 0.2) is 43.0 Å². The summed E-state index contributed by atoms with van der Waals surface area (Å²) in [6.45, 7) is 3.30. The minimum absolute atomic E-state index is 0.132. The van der Waals surface area contributed by atoms with E-state index in [-0.39, 0.29) is 17.2 Å². The fraction of sp³-hybridized carbons (Fsp3) is 0.474. The van der Waals surface area contributed by atoms with E-state index in [0.29, 0.717) is 6.61 Å². The lowest BCUT2D eigenvalue weighted by molar-refractivity contribution is -0.118. The van der Waals surface area contributed by atoms with Gasteiger partial charge in [0.05, 0.1) is 18.6 Å². The van der Waals surface area contributed by atoms with Crippen LogP contribution in [0.2, 0.25) is 0 Å². The Bertz CT molecular complexity index is 723. The molecule has 1 aliphatic heterocycles. The van der Waals surface area contributed by atoms with Gasteiger partial charge in [0.15, 0.2) is 0 Å². The fourth-order valence-electron chi connectivity index (χ4n) is 3.79. The molecule has 1 saturated carbocycles. The lowest BCUT2D eigenvalue weighted by Crippen LogP contribution is -2.31. The van der Waals surface area contributed by atoms with E-state index < -0.39 is 0 Å². The van der Waals surface area contributed by atoms with Crippen molar-refractivity contribution in [2.45, 2.75) is 25.8 Å². The third-order valence-electron chi connectivity index (χ3n) is 5.42. The summed E-state index contributed by atoms with van der Waals surface area (Å²) >= 11 is 0. The molecule has 2 N–H and O–H groups in total. The van der Waals surface area contributed by atoms with E-state index in [1.807, 2.05) is 35.0 Å². The zero-order valence-corrected chi connectivity index (χ0v) is 14.3. The smallest absolute Gasteiger partial charge is 0.228 e. The molecule has 1 unspecified atom stereocenters. The van der Waals surface area contributed by atoms with E-state index in [2.05, 4.69) is 15.6 Å². The van der Waals surface area contributed by atoms with Crippen LogP contribution in [0, 0.1) is 11.3 Å². The summed E-state index contributed by atoms with van der Waals surface area (Å²) in [5.74, 6) is 0.997. The van der Waals surface area contributed by atoms with E-state index in [9.17, 15) is 4.79 Å². The van der Waals surface area contributed by atoms with Crippen LogP contribution in [0.1, 0.15) is 19.3 Å². The van der Waals surface area contributed by atoms with Gasteiger partial charge in [0.2, 0.25) is 5.91 Å². The maximum Gasteiger partial charge on any atom is 0.228 e. The molecule has 1 atom stereocenters. The fourth-order valence-corrected chi connectivity index (χ4v) is 3.79. The summed E-state index contributed by atoms with van der Waals surface area (Å²) in [6, 6.07) is 7.65. The number of nitrogens with one attached hydrogen (secondary N) is 2. The van der Waals surface area contributed by atoms with Gasteiger partial charge in [-0.1, -0.05) is 12.1 Å². The number of piperidine rings is 1. The number of anilines is 1. The second kappa shape index (κ2) is 6.88. The van der Waals surface area contributed by atoms with Gasteiger partial charge in [0.1, 0.15) is 12.4 Å². The number of ether oxygens (including phenoxy) is 1. The van der Waals surface area contributed by atoms with Crippen molar-refractivity contribution < 1.29 is 9.53 Å². The second-order valence-corrected chi connectivity index (χ2v) is 7.00. The van der Waals surface area contributed by atoms with E-state index >= 15 is 0 Å². The highest BCUT2D eigenvalue weighted by atomic mass is 16.5. The Kier molecular flexibility index (Phi) is 4.44. The summed E-state index contributed by atoms with van der Waals surface area (Å²) in [5, 5.41) is 6.46. The zero-order valence-electron chi connectivity index (χ0n) is 14.3. The summed E-state index contributed by atoms with van der Waals surface area (Å²) in [6.07, 6.45) is 8.65. The standard InChI is InChI=1S/C19H24N4O2/c24-18(15-13-19(15)5-7-20-8-6-19)22-16-3-1-2-4-17(16)25-12-11-23-10-9-21-14-23/h1-4,9-10,14-15,20H,5-8,11-13H2,(H,22,24). The van der Waals surface area contributed by atoms with Crippen LogP contribution in [-0.4, -0.2) is 35.2 Å². The van der Waals surface area contributed by atoms with Crippen LogP contribution in [0.25, 0.3) is 0 Å². The predicted octanol–water partition coefficient (Wildman–Crippen LogP) is 2.29. The predicted molar refractivity (Wildman–Crippen MR) is 95.4 cm³/mol. The molecule has 0 radical (unpaired) electrons. The minimum atomic E-state index is 0.132. The molecule has 1 saturated heterocycles. The van der Waals surface area contributed by atoms with Gasteiger partial charge in [-0.05, 0) is 49.9 Å². The Balaban J connectivity index is 1.35. The largest absolute Gasteiger partial charge is 0.490 e. The summed E-state index contributed by atoms with van der Waals surface area (Å²) in [4.78, 5) is 16.7. The number of carbonyl (C=O) groups excluding carboxylic acids is 1. The van der Waals surface area contributed by atoms with Crippen molar-refractivity contribution in [1.82, 2.24) is 14.9 Å². The third kappa shape index (κ3) is 3.54. The number of nitrogens with zero attached hydrogens (tertiary/aromatic N) is 2. The molecule has 1 aliphatic carbocycles. The highest BCUT2D eigenvalue weighted by molar-refractivity contribution is 5.96. The van der Waals surface area contributed by atoms with Crippen LogP contribution in [0.3, 0.4) is 0 Å². The topological polar surface area (TPSA) is 68.2 Å². The third-order valence-corrected chi connectivity index (χ3v) is 5.42. The van der Waals surface area contributed by atoms with Gasteiger partial charge in [-0.3, -0.25) is 4.79 Å². The molecule has 4 rings (SSSR count). The quantitative estimate of drug-likeness (QED) is 0.847. The Morgan fingerprint density at radius 1 is 1.36 bits per heavy atom. The first-order valence-corrected chi connectivity index (χ1v) is 8.96. The lowest BCUT2D eigenvalue weighted by Gasteiger charge is -2.23. The summed E-state index contributed by atoms with van der Waals surface area (Å²) < 4.78 is 7.84. The molecule has 0 bridgehead atoms. The molecule has 6 heteroatoms. The number of benzene rings is 1. The van der Waals surface area contributed by atoms with Crippen LogP contribution in [0.5, 0.6) is 5.75 Å². The molecule has 1 spiro atoms. The van der Waals surface area contributed by atoms with Gasteiger partial charge in [-0.15, -0.1) is 0 Å². The molecule has 1 aromatic carbocycles. The minimum Gasteiger partial charge on any atom is -0.490 e. The van der Waals surface area contributed by atoms with E-state index in [0.717, 1.165) is 50.3 Å². The van der Waals surface area contributed by atoms with Crippen LogP contribution in [-0.2, 0) is 11.3 Å². The van der Waals surface area contributed by atoms with Gasteiger partial charge in [-0.2, -0.15) is 0 Å². The van der Waals surface area contributed by atoms with Gasteiger partial charge in [-0.25, -0.2) is 4.98 Å². The summed E-state index contributed by atoms with van der Waals surface area (Å²) in [5.41, 5.74) is 1.00. The number of hydrogen-bond acceptors (Lipinski definition) is 4.